The molecule has 21 heavy (non-hydrogen) atoms. The minimum Gasteiger partial charge on any atom is -0.504 e. The van der Waals surface area contributed by atoms with Crippen molar-refractivity contribution in [3.63, 3.8) is 0 Å². The summed E-state index contributed by atoms with van der Waals surface area (Å²) in [6.45, 7) is 0.311. The number of aromatic hydroxyl groups is 2. The lowest BCUT2D eigenvalue weighted by atomic mass is 10.2. The number of phenols is 2. The zero-order valence-electron chi connectivity index (χ0n) is 10.7. The number of rotatable bonds is 4. The molecule has 2 rings (SSSR count). The van der Waals surface area contributed by atoms with Crippen LogP contribution < -0.4 is 10.9 Å². The molecule has 0 aliphatic rings. The van der Waals surface area contributed by atoms with Crippen LogP contribution in [0.4, 0.5) is 0 Å². The van der Waals surface area contributed by atoms with Crippen LogP contribution in [0, 0.1) is 0 Å². The molecule has 2 aromatic carbocycles. The van der Waals surface area contributed by atoms with Crippen molar-refractivity contribution in [3.8, 4) is 11.5 Å². The molecule has 110 valence electrons. The van der Waals surface area contributed by atoms with Crippen molar-refractivity contribution in [1.82, 2.24) is 10.9 Å². The second-order valence-electron chi connectivity index (χ2n) is 4.25. The number of phenolic OH excluding ortho intramolecular Hbond substituents is 2. The van der Waals surface area contributed by atoms with E-state index in [1.807, 2.05) is 0 Å². The van der Waals surface area contributed by atoms with Crippen molar-refractivity contribution in [2.75, 3.05) is 0 Å². The smallest absolute Gasteiger partial charge is 0.265 e. The Bertz CT molecular complexity index is 677. The molecule has 0 saturated carbocycles. The number of benzene rings is 2. The van der Waals surface area contributed by atoms with Crippen LogP contribution in [0.2, 0.25) is 10.0 Å². The van der Waals surface area contributed by atoms with E-state index in [1.54, 1.807) is 18.2 Å². The Morgan fingerprint density at radius 1 is 1.05 bits per heavy atom. The first-order valence-corrected chi connectivity index (χ1v) is 6.72. The summed E-state index contributed by atoms with van der Waals surface area (Å²) in [6.07, 6.45) is 0. The fourth-order valence-electron chi connectivity index (χ4n) is 1.62. The summed E-state index contributed by atoms with van der Waals surface area (Å²) in [7, 11) is 0. The number of halogens is 2. The number of hydrogen-bond donors (Lipinski definition) is 4. The summed E-state index contributed by atoms with van der Waals surface area (Å²) in [4.78, 5) is 11.8. The molecule has 0 radical (unpaired) electrons. The van der Waals surface area contributed by atoms with Crippen LogP contribution in [-0.4, -0.2) is 16.1 Å². The molecule has 0 aliphatic carbocycles. The van der Waals surface area contributed by atoms with Gasteiger partial charge >= 0.3 is 0 Å². The predicted molar refractivity (Wildman–Crippen MR) is 80.5 cm³/mol. The van der Waals surface area contributed by atoms with Crippen molar-refractivity contribution >= 4 is 29.1 Å². The maximum absolute atomic E-state index is 11.8. The Balaban J connectivity index is 1.93. The van der Waals surface area contributed by atoms with Crippen LogP contribution in [0.15, 0.2) is 36.4 Å². The third-order valence-electron chi connectivity index (χ3n) is 2.73. The van der Waals surface area contributed by atoms with Gasteiger partial charge in [0.1, 0.15) is 0 Å². The SMILES string of the molecule is O=C(NNCc1ccc(Cl)cc1Cl)c1ccc(O)c(O)c1. The van der Waals surface area contributed by atoms with Crippen molar-refractivity contribution in [3.05, 3.63) is 57.6 Å². The minimum absolute atomic E-state index is 0.208. The van der Waals surface area contributed by atoms with Gasteiger partial charge in [-0.15, -0.1) is 0 Å². The van der Waals surface area contributed by atoms with Crippen molar-refractivity contribution in [2.45, 2.75) is 6.54 Å². The average Bonchev–Trinajstić information content (AvgIpc) is 2.44. The number of hydrogen-bond acceptors (Lipinski definition) is 4. The second-order valence-corrected chi connectivity index (χ2v) is 5.09. The molecule has 5 nitrogen and oxygen atoms in total. The predicted octanol–water partition coefficient (Wildman–Crippen LogP) is 2.84. The standard InChI is InChI=1S/C14H12Cl2N2O3/c15-10-3-1-9(11(16)6-10)7-17-18-14(21)8-2-4-12(19)13(20)5-8/h1-6,17,19-20H,7H2,(H,18,21). The third-order valence-corrected chi connectivity index (χ3v) is 3.32. The Morgan fingerprint density at radius 3 is 2.48 bits per heavy atom. The zero-order valence-corrected chi connectivity index (χ0v) is 12.2. The van der Waals surface area contributed by atoms with Crippen LogP contribution in [0.1, 0.15) is 15.9 Å². The summed E-state index contributed by atoms with van der Waals surface area (Å²) < 4.78 is 0. The second kappa shape index (κ2) is 6.67. The fourth-order valence-corrected chi connectivity index (χ4v) is 2.10. The largest absolute Gasteiger partial charge is 0.504 e. The highest BCUT2D eigenvalue weighted by Gasteiger charge is 2.08. The van der Waals surface area contributed by atoms with E-state index in [4.69, 9.17) is 23.2 Å². The molecule has 0 aromatic heterocycles. The van der Waals surface area contributed by atoms with Gasteiger partial charge in [-0.25, -0.2) is 5.43 Å². The van der Waals surface area contributed by atoms with Gasteiger partial charge in [0.2, 0.25) is 0 Å². The van der Waals surface area contributed by atoms with Gasteiger partial charge in [-0.3, -0.25) is 10.2 Å². The van der Waals surface area contributed by atoms with Crippen LogP contribution in [0.25, 0.3) is 0 Å². The van der Waals surface area contributed by atoms with Crippen molar-refractivity contribution in [2.24, 2.45) is 0 Å². The van der Waals surface area contributed by atoms with E-state index in [9.17, 15) is 15.0 Å². The van der Waals surface area contributed by atoms with Crippen molar-refractivity contribution in [1.29, 1.82) is 0 Å². The molecule has 0 bridgehead atoms. The summed E-state index contributed by atoms with van der Waals surface area (Å²) in [5.41, 5.74) is 6.17. The molecule has 0 saturated heterocycles. The highest BCUT2D eigenvalue weighted by Crippen LogP contribution is 2.24. The number of hydrazine groups is 1. The van der Waals surface area contributed by atoms with Crippen LogP contribution >= 0.6 is 23.2 Å². The molecule has 0 heterocycles. The summed E-state index contributed by atoms with van der Waals surface area (Å²) >= 11 is 11.8. The van der Waals surface area contributed by atoms with Gasteiger partial charge in [-0.05, 0) is 35.9 Å². The lowest BCUT2D eigenvalue weighted by molar-refractivity contribution is 0.0932. The molecule has 2 aromatic rings. The van der Waals surface area contributed by atoms with E-state index >= 15 is 0 Å². The molecule has 0 spiro atoms. The first kappa shape index (κ1) is 15.4. The first-order valence-electron chi connectivity index (χ1n) is 5.96. The molecule has 4 N–H and O–H groups in total. The third kappa shape index (κ3) is 4.01. The Hall–Kier alpha value is -1.95. The van der Waals surface area contributed by atoms with Crippen LogP contribution in [0.3, 0.4) is 0 Å². The van der Waals surface area contributed by atoms with Gasteiger partial charge in [0.25, 0.3) is 5.91 Å². The van der Waals surface area contributed by atoms with Gasteiger partial charge in [-0.1, -0.05) is 29.3 Å². The lowest BCUT2D eigenvalue weighted by Crippen LogP contribution is -2.36. The highest BCUT2D eigenvalue weighted by atomic mass is 35.5. The van der Waals surface area contributed by atoms with Crippen molar-refractivity contribution < 1.29 is 15.0 Å². The summed E-state index contributed by atoms with van der Waals surface area (Å²) in [5, 5.41) is 19.5. The van der Waals surface area contributed by atoms with Gasteiger partial charge in [0.15, 0.2) is 11.5 Å². The number of nitrogens with one attached hydrogen (secondary N) is 2. The topological polar surface area (TPSA) is 81.6 Å². The van der Waals surface area contributed by atoms with E-state index in [-0.39, 0.29) is 17.1 Å². The van der Waals surface area contributed by atoms with Gasteiger partial charge in [0, 0.05) is 22.2 Å². The number of amides is 1. The molecular weight excluding hydrogens is 315 g/mol. The molecule has 0 unspecified atom stereocenters. The Morgan fingerprint density at radius 2 is 1.81 bits per heavy atom. The monoisotopic (exact) mass is 326 g/mol. The summed E-state index contributed by atoms with van der Waals surface area (Å²) in [6, 6.07) is 8.85. The Labute approximate surface area is 131 Å². The van der Waals surface area contributed by atoms with E-state index in [2.05, 4.69) is 10.9 Å². The number of carbonyl (C=O) groups excluding carboxylic acids is 1. The Kier molecular flexibility index (Phi) is 4.90. The molecule has 0 fully saturated rings. The van der Waals surface area contributed by atoms with E-state index < -0.39 is 5.91 Å². The van der Waals surface area contributed by atoms with Gasteiger partial charge < -0.3 is 10.2 Å². The van der Waals surface area contributed by atoms with E-state index in [1.165, 1.54) is 18.2 Å². The minimum atomic E-state index is -0.449. The van der Waals surface area contributed by atoms with E-state index in [0.717, 1.165) is 5.56 Å². The molecule has 7 heteroatoms. The molecule has 1 amide bonds. The highest BCUT2D eigenvalue weighted by molar-refractivity contribution is 6.35. The fraction of sp³-hybridized carbons (Fsp3) is 0.0714. The quantitative estimate of drug-likeness (QED) is 0.514. The number of carbonyl (C=O) groups is 1. The molecule has 0 aliphatic heterocycles. The average molecular weight is 327 g/mol. The maximum Gasteiger partial charge on any atom is 0.265 e. The van der Waals surface area contributed by atoms with Gasteiger partial charge in [0.05, 0.1) is 0 Å². The van der Waals surface area contributed by atoms with Crippen LogP contribution in [-0.2, 0) is 6.54 Å². The normalized spacial score (nSPS) is 10.4. The van der Waals surface area contributed by atoms with Crippen LogP contribution in [0.5, 0.6) is 11.5 Å². The van der Waals surface area contributed by atoms with E-state index in [0.29, 0.717) is 16.6 Å². The lowest BCUT2D eigenvalue weighted by Gasteiger charge is -2.09. The zero-order chi connectivity index (χ0) is 15.4. The van der Waals surface area contributed by atoms with Gasteiger partial charge in [-0.2, -0.15) is 0 Å². The molecule has 0 atom stereocenters. The molecular formula is C14H12Cl2N2O3. The maximum atomic E-state index is 11.8. The first-order chi connectivity index (χ1) is 9.97. The summed E-state index contributed by atoms with van der Waals surface area (Å²) in [5.74, 6) is -1.09.